The summed E-state index contributed by atoms with van der Waals surface area (Å²) >= 11 is 0. The number of aryl methyl sites for hydroxylation is 4. The van der Waals surface area contributed by atoms with Gasteiger partial charge in [-0.1, -0.05) is 72.8 Å². The molecule has 0 amide bonds. The molecule has 0 saturated heterocycles. The normalized spacial score (nSPS) is 12.0. The highest BCUT2D eigenvalue weighted by atomic mass is 15.1. The average molecular weight is 641 g/mol. The van der Waals surface area contributed by atoms with Crippen LogP contribution in [0.1, 0.15) is 22.3 Å². The van der Waals surface area contributed by atoms with Crippen molar-refractivity contribution in [2.45, 2.75) is 27.7 Å². The van der Waals surface area contributed by atoms with E-state index in [2.05, 4.69) is 183 Å². The van der Waals surface area contributed by atoms with Gasteiger partial charge >= 0.3 is 0 Å². The fourth-order valence-corrected chi connectivity index (χ4v) is 8.24. The Hall–Kier alpha value is -6.12. The van der Waals surface area contributed by atoms with E-state index in [1.165, 1.54) is 111 Å². The summed E-state index contributed by atoms with van der Waals surface area (Å²) in [5, 5.41) is 7.65. The molecule has 0 bridgehead atoms. The first-order valence-electron chi connectivity index (χ1n) is 17.5. The highest BCUT2D eigenvalue weighted by Gasteiger charge is 2.25. The summed E-state index contributed by atoms with van der Waals surface area (Å²) in [5.41, 5.74) is 17.8. The maximum absolute atomic E-state index is 2.44. The van der Waals surface area contributed by atoms with Crippen molar-refractivity contribution < 1.29 is 0 Å². The van der Waals surface area contributed by atoms with Gasteiger partial charge in [0, 0.05) is 33.5 Å². The minimum absolute atomic E-state index is 1.17. The first kappa shape index (κ1) is 28.9. The van der Waals surface area contributed by atoms with Gasteiger partial charge in [-0.3, -0.25) is 0 Å². The van der Waals surface area contributed by atoms with E-state index in [0.717, 1.165) is 0 Å². The molecule has 9 aromatic rings. The lowest BCUT2D eigenvalue weighted by atomic mass is 9.78. The van der Waals surface area contributed by atoms with Crippen LogP contribution in [0.4, 0.5) is 17.1 Å². The van der Waals surface area contributed by atoms with Crippen molar-refractivity contribution in [2.24, 2.45) is 0 Å². The number of benzene rings is 8. The number of anilines is 3. The molecule has 50 heavy (non-hydrogen) atoms. The van der Waals surface area contributed by atoms with Crippen LogP contribution in [0.5, 0.6) is 0 Å². The van der Waals surface area contributed by atoms with Gasteiger partial charge in [0.05, 0.1) is 11.0 Å². The lowest BCUT2D eigenvalue weighted by molar-refractivity contribution is 1.17. The molecule has 0 unspecified atom stereocenters. The number of fused-ring (bicyclic) bond motifs is 9. The van der Waals surface area contributed by atoms with Crippen molar-refractivity contribution in [1.82, 2.24) is 4.57 Å². The number of para-hydroxylation sites is 3. The van der Waals surface area contributed by atoms with E-state index in [4.69, 9.17) is 0 Å². The average Bonchev–Trinajstić information content (AvgIpc) is 3.48. The number of nitrogens with zero attached hydrogens (tertiary/aromatic N) is 2. The second kappa shape index (κ2) is 10.7. The van der Waals surface area contributed by atoms with Gasteiger partial charge in [-0.2, -0.15) is 0 Å². The fraction of sp³-hybridized carbons (Fsp3) is 0.0833. The lowest BCUT2D eigenvalue weighted by Gasteiger charge is -2.29. The summed E-state index contributed by atoms with van der Waals surface area (Å²) in [7, 11) is 0. The van der Waals surface area contributed by atoms with Crippen LogP contribution in [0.3, 0.4) is 0 Å². The SMILES string of the molecule is Cc1ccc(N(c2ccc3cc4c(cc3c2)-c2cc3ccc(-n5c6ccccc6c6cccc(C)c65)cc3cc2-4)c2ccccc2C)cc1C. The summed E-state index contributed by atoms with van der Waals surface area (Å²) < 4.78 is 2.44. The molecule has 0 saturated carbocycles. The Balaban J connectivity index is 1.08. The second-order valence-electron chi connectivity index (χ2n) is 14.1. The molecule has 1 aliphatic rings. The van der Waals surface area contributed by atoms with E-state index in [1.807, 2.05) is 0 Å². The zero-order chi connectivity index (χ0) is 33.7. The predicted octanol–water partition coefficient (Wildman–Crippen LogP) is 13.4. The Kier molecular flexibility index (Phi) is 6.17. The molecule has 0 fully saturated rings. The van der Waals surface area contributed by atoms with Crippen LogP contribution in [0, 0.1) is 27.7 Å². The van der Waals surface area contributed by atoms with E-state index in [-0.39, 0.29) is 0 Å². The molecule has 8 aromatic carbocycles. The minimum Gasteiger partial charge on any atom is -0.310 e. The van der Waals surface area contributed by atoms with E-state index < -0.39 is 0 Å². The van der Waals surface area contributed by atoms with Crippen LogP contribution >= 0.6 is 0 Å². The molecular weight excluding hydrogens is 605 g/mol. The summed E-state index contributed by atoms with van der Waals surface area (Å²) in [6.45, 7) is 8.79. The van der Waals surface area contributed by atoms with E-state index in [0.29, 0.717) is 0 Å². The molecule has 0 spiro atoms. The smallest absolute Gasteiger partial charge is 0.0570 e. The molecule has 0 radical (unpaired) electrons. The predicted molar refractivity (Wildman–Crippen MR) is 214 cm³/mol. The third-order valence-electron chi connectivity index (χ3n) is 11.0. The topological polar surface area (TPSA) is 8.17 Å². The fourth-order valence-electron chi connectivity index (χ4n) is 8.24. The largest absolute Gasteiger partial charge is 0.310 e. The number of rotatable bonds is 4. The van der Waals surface area contributed by atoms with Crippen LogP contribution in [-0.2, 0) is 0 Å². The van der Waals surface area contributed by atoms with Crippen LogP contribution in [0.2, 0.25) is 0 Å². The molecule has 2 nitrogen and oxygen atoms in total. The Labute approximate surface area is 292 Å². The molecule has 0 N–H and O–H groups in total. The zero-order valence-corrected chi connectivity index (χ0v) is 28.8. The van der Waals surface area contributed by atoms with Gasteiger partial charge in [-0.25, -0.2) is 0 Å². The van der Waals surface area contributed by atoms with Crippen molar-refractivity contribution in [2.75, 3.05) is 4.90 Å². The monoisotopic (exact) mass is 640 g/mol. The Morgan fingerprint density at radius 2 is 1.00 bits per heavy atom. The highest BCUT2D eigenvalue weighted by molar-refractivity contribution is 6.13. The summed E-state index contributed by atoms with van der Waals surface area (Å²) in [5.74, 6) is 0. The van der Waals surface area contributed by atoms with Crippen LogP contribution in [-0.4, -0.2) is 4.57 Å². The first-order chi connectivity index (χ1) is 24.4. The van der Waals surface area contributed by atoms with Crippen LogP contribution in [0.15, 0.2) is 146 Å². The molecule has 2 heteroatoms. The van der Waals surface area contributed by atoms with Gasteiger partial charge in [0.25, 0.3) is 0 Å². The zero-order valence-electron chi connectivity index (χ0n) is 28.8. The Morgan fingerprint density at radius 3 is 1.76 bits per heavy atom. The van der Waals surface area contributed by atoms with Crippen molar-refractivity contribution in [3.8, 4) is 27.9 Å². The molecular formula is C48H36N2. The van der Waals surface area contributed by atoms with Gasteiger partial charge in [-0.05, 0) is 167 Å². The maximum atomic E-state index is 2.44. The van der Waals surface area contributed by atoms with Gasteiger partial charge in [0.1, 0.15) is 0 Å². The Morgan fingerprint density at radius 1 is 0.400 bits per heavy atom. The molecule has 1 aromatic heterocycles. The molecule has 0 atom stereocenters. The van der Waals surface area contributed by atoms with E-state index >= 15 is 0 Å². The summed E-state index contributed by atoms with van der Waals surface area (Å²) in [6.07, 6.45) is 0. The maximum Gasteiger partial charge on any atom is 0.0570 e. The van der Waals surface area contributed by atoms with Crippen molar-refractivity contribution in [1.29, 1.82) is 0 Å². The number of hydrogen-bond acceptors (Lipinski definition) is 1. The standard InChI is InChI=1S/C48H36N2/c1-29-16-19-37(22-32(29)4)49(46-14-7-5-10-30(46)2)38-20-17-33-25-42-44(27-35(33)23-38)43-26-34-18-21-39(24-36(34)28-45(42)43)50-47-15-8-6-12-40(47)41-13-9-11-31(3)48(41)50/h5-28H,1-4H3. The molecule has 10 rings (SSSR count). The second-order valence-corrected chi connectivity index (χ2v) is 14.1. The third kappa shape index (κ3) is 4.21. The van der Waals surface area contributed by atoms with Crippen molar-refractivity contribution in [3.05, 3.63) is 168 Å². The van der Waals surface area contributed by atoms with Crippen molar-refractivity contribution >= 4 is 60.4 Å². The van der Waals surface area contributed by atoms with Gasteiger partial charge in [0.15, 0.2) is 0 Å². The number of aromatic nitrogens is 1. The van der Waals surface area contributed by atoms with E-state index in [1.54, 1.807) is 0 Å². The lowest BCUT2D eigenvalue weighted by Crippen LogP contribution is -2.11. The Bertz CT molecular complexity index is 2870. The first-order valence-corrected chi connectivity index (χ1v) is 17.5. The quantitative estimate of drug-likeness (QED) is 0.186. The molecule has 1 heterocycles. The van der Waals surface area contributed by atoms with Gasteiger partial charge in [0.2, 0.25) is 0 Å². The molecule has 1 aliphatic carbocycles. The number of hydrogen-bond donors (Lipinski definition) is 0. The highest BCUT2D eigenvalue weighted by Crippen LogP contribution is 2.51. The molecule has 238 valence electrons. The van der Waals surface area contributed by atoms with Gasteiger partial charge in [-0.15, -0.1) is 0 Å². The summed E-state index contributed by atoms with van der Waals surface area (Å²) in [6, 6.07) is 54.3. The van der Waals surface area contributed by atoms with Crippen molar-refractivity contribution in [3.63, 3.8) is 0 Å². The summed E-state index contributed by atoms with van der Waals surface area (Å²) in [4.78, 5) is 2.40. The third-order valence-corrected chi connectivity index (χ3v) is 11.0. The van der Waals surface area contributed by atoms with Gasteiger partial charge < -0.3 is 9.47 Å². The van der Waals surface area contributed by atoms with Crippen LogP contribution < -0.4 is 4.90 Å². The minimum atomic E-state index is 1.17. The van der Waals surface area contributed by atoms with E-state index in [9.17, 15) is 0 Å². The molecule has 0 aliphatic heterocycles. The van der Waals surface area contributed by atoms with Crippen LogP contribution in [0.25, 0.3) is 71.3 Å².